The monoisotopic (exact) mass is 761 g/mol. The third kappa shape index (κ3) is 8.18. The number of rotatable bonds is 10. The number of urea groups is 1. The van der Waals surface area contributed by atoms with Crippen LogP contribution < -0.4 is 34.8 Å². The Morgan fingerprint density at radius 1 is 0.929 bits per heavy atom. The largest absolute Gasteiger partial charge is 0.495 e. The molecule has 292 valence electrons. The highest BCUT2D eigenvalue weighted by Crippen LogP contribution is 2.30. The lowest BCUT2D eigenvalue weighted by Gasteiger charge is -2.39. The standard InChI is InChI=1S/C40H47N11O5/c1-55-34-23-32(5-2-28(34)24-41)56-31-6-3-29(4-7-31)43-39(53)33-8-9-35(46-45-33)49-14-10-27(11-15-49)26-47-18-20-48(21-19-47)30-12-16-50-36(22-30)42-25-38(50)51-17-13-37(52)44-40(51)54/h2,5,8-9,12,16,22-23,25,27,29,31H,3-4,6-7,10-11,13-15,17-21,26H2,1H3,(H,43,53)(H,44,52,54). The molecular formula is C40H47N11O5. The summed E-state index contributed by atoms with van der Waals surface area (Å²) in [6.07, 6.45) is 9.33. The van der Waals surface area contributed by atoms with Crippen LogP contribution in [0, 0.1) is 17.2 Å². The topological polar surface area (TPSA) is 174 Å². The lowest BCUT2D eigenvalue weighted by atomic mass is 9.92. The Morgan fingerprint density at radius 2 is 1.73 bits per heavy atom. The Morgan fingerprint density at radius 3 is 2.45 bits per heavy atom. The van der Waals surface area contributed by atoms with Gasteiger partial charge in [-0.05, 0) is 74.8 Å². The first-order valence-electron chi connectivity index (χ1n) is 19.5. The van der Waals surface area contributed by atoms with Crippen LogP contribution in [0.5, 0.6) is 11.5 Å². The van der Waals surface area contributed by atoms with Crippen LogP contribution in [0.2, 0.25) is 0 Å². The first-order valence-corrected chi connectivity index (χ1v) is 19.5. The molecule has 0 radical (unpaired) electrons. The van der Waals surface area contributed by atoms with Gasteiger partial charge in [-0.2, -0.15) is 5.26 Å². The quantitative estimate of drug-likeness (QED) is 0.241. The highest BCUT2D eigenvalue weighted by atomic mass is 16.5. The van der Waals surface area contributed by atoms with Crippen LogP contribution in [-0.4, -0.2) is 114 Å². The number of aromatic nitrogens is 4. The molecule has 16 nitrogen and oxygen atoms in total. The van der Waals surface area contributed by atoms with Gasteiger partial charge in [0.1, 0.15) is 29.0 Å². The van der Waals surface area contributed by atoms with Gasteiger partial charge in [0.25, 0.3) is 5.91 Å². The van der Waals surface area contributed by atoms with Gasteiger partial charge in [-0.1, -0.05) is 0 Å². The number of carbonyl (C=O) groups is 3. The fourth-order valence-corrected chi connectivity index (χ4v) is 8.26. The number of amides is 4. The van der Waals surface area contributed by atoms with E-state index < -0.39 is 6.03 Å². The van der Waals surface area contributed by atoms with Crippen molar-refractivity contribution in [3.05, 3.63) is 66.1 Å². The van der Waals surface area contributed by atoms with Crippen molar-refractivity contribution in [2.24, 2.45) is 5.92 Å². The molecule has 0 unspecified atom stereocenters. The molecule has 0 atom stereocenters. The molecular weight excluding hydrogens is 715 g/mol. The second-order valence-electron chi connectivity index (χ2n) is 15.0. The van der Waals surface area contributed by atoms with Gasteiger partial charge in [0.05, 0.1) is 25.0 Å². The van der Waals surface area contributed by atoms with Gasteiger partial charge in [0.2, 0.25) is 5.91 Å². The summed E-state index contributed by atoms with van der Waals surface area (Å²) in [5.74, 6) is 2.79. The lowest BCUT2D eigenvalue weighted by Crippen LogP contribution is -2.50. The summed E-state index contributed by atoms with van der Waals surface area (Å²) in [5.41, 5.74) is 2.68. The number of hydrogen-bond acceptors (Lipinski definition) is 12. The van der Waals surface area contributed by atoms with E-state index in [0.29, 0.717) is 41.0 Å². The lowest BCUT2D eigenvalue weighted by molar-refractivity contribution is -0.120. The van der Waals surface area contributed by atoms with E-state index in [1.165, 1.54) is 7.11 Å². The van der Waals surface area contributed by atoms with Crippen LogP contribution in [-0.2, 0) is 4.79 Å². The molecule has 3 aliphatic heterocycles. The van der Waals surface area contributed by atoms with E-state index in [4.69, 9.17) is 9.47 Å². The van der Waals surface area contributed by atoms with Crippen LogP contribution >= 0.6 is 0 Å². The van der Waals surface area contributed by atoms with Crippen molar-refractivity contribution >= 4 is 40.8 Å². The van der Waals surface area contributed by atoms with Crippen molar-refractivity contribution < 1.29 is 23.9 Å². The van der Waals surface area contributed by atoms with Crippen LogP contribution in [0.25, 0.3) is 5.65 Å². The van der Waals surface area contributed by atoms with Gasteiger partial charge in [-0.3, -0.25) is 29.1 Å². The molecule has 4 fully saturated rings. The van der Waals surface area contributed by atoms with Crippen molar-refractivity contribution in [1.82, 2.24) is 35.1 Å². The van der Waals surface area contributed by atoms with E-state index in [1.807, 2.05) is 16.7 Å². The number of nitrogens with zero attached hydrogens (tertiary/aromatic N) is 9. The number of benzene rings is 1. The molecule has 3 aromatic heterocycles. The Labute approximate surface area is 325 Å². The number of piperazine rings is 1. The van der Waals surface area contributed by atoms with E-state index in [2.05, 4.69) is 58.7 Å². The highest BCUT2D eigenvalue weighted by Gasteiger charge is 2.29. The number of carbonyl (C=O) groups excluding carboxylic acids is 3. The fraction of sp³-hybridized carbons (Fsp3) is 0.475. The predicted molar refractivity (Wildman–Crippen MR) is 208 cm³/mol. The number of anilines is 3. The van der Waals surface area contributed by atoms with Crippen molar-refractivity contribution in [2.75, 3.05) is 74.2 Å². The summed E-state index contributed by atoms with van der Waals surface area (Å²) in [5, 5.41) is 23.5. The summed E-state index contributed by atoms with van der Waals surface area (Å²) in [6, 6.07) is 14.8. The van der Waals surface area contributed by atoms with Crippen LogP contribution in [0.3, 0.4) is 0 Å². The zero-order valence-corrected chi connectivity index (χ0v) is 31.6. The number of pyridine rings is 1. The number of nitriles is 1. The predicted octanol–water partition coefficient (Wildman–Crippen LogP) is 3.61. The summed E-state index contributed by atoms with van der Waals surface area (Å²) in [7, 11) is 1.54. The first-order chi connectivity index (χ1) is 27.3. The maximum atomic E-state index is 13.0. The Hall–Kier alpha value is -5.95. The second-order valence-corrected chi connectivity index (χ2v) is 15.0. The van der Waals surface area contributed by atoms with E-state index in [-0.39, 0.29) is 30.4 Å². The van der Waals surface area contributed by atoms with Crippen LogP contribution in [0.15, 0.2) is 54.9 Å². The van der Waals surface area contributed by atoms with Crippen LogP contribution in [0.1, 0.15) is 61.0 Å². The molecule has 0 spiro atoms. The third-order valence-electron chi connectivity index (χ3n) is 11.5. The maximum absolute atomic E-state index is 13.0. The van der Waals surface area contributed by atoms with E-state index in [9.17, 15) is 19.6 Å². The SMILES string of the molecule is COc1cc(OC2CCC(NC(=O)c3ccc(N4CCC(CN5CCN(c6ccn7c(N8CCC(=O)NC8=O)cnc7c6)CC5)CC4)nn3)CC2)ccc1C#N. The summed E-state index contributed by atoms with van der Waals surface area (Å²) >= 11 is 0. The number of hydrogen-bond donors (Lipinski definition) is 2. The number of methoxy groups -OCH3 is 1. The molecule has 1 aliphatic carbocycles. The molecule has 1 aromatic carbocycles. The molecule has 1 saturated carbocycles. The summed E-state index contributed by atoms with van der Waals surface area (Å²) < 4.78 is 13.3. The number of imidazole rings is 1. The van der Waals surface area contributed by atoms with Crippen molar-refractivity contribution in [3.63, 3.8) is 0 Å². The minimum absolute atomic E-state index is 0.0364. The van der Waals surface area contributed by atoms with Crippen molar-refractivity contribution in [3.8, 4) is 17.6 Å². The Bertz CT molecular complexity index is 2090. The van der Waals surface area contributed by atoms with Crippen molar-refractivity contribution in [2.45, 2.75) is 57.1 Å². The van der Waals surface area contributed by atoms with Crippen LogP contribution in [0.4, 0.5) is 22.1 Å². The number of fused-ring (bicyclic) bond motifs is 1. The zero-order chi connectivity index (χ0) is 38.6. The minimum atomic E-state index is -0.416. The van der Waals surface area contributed by atoms with Gasteiger partial charge >= 0.3 is 6.03 Å². The van der Waals surface area contributed by atoms with E-state index >= 15 is 0 Å². The van der Waals surface area contributed by atoms with Gasteiger partial charge in [-0.25, -0.2) is 9.78 Å². The van der Waals surface area contributed by atoms with Gasteiger partial charge in [-0.15, -0.1) is 10.2 Å². The van der Waals surface area contributed by atoms with E-state index in [1.54, 1.807) is 35.4 Å². The molecule has 2 N–H and O–H groups in total. The number of ether oxygens (including phenoxy) is 2. The molecule has 8 rings (SSSR count). The average molecular weight is 762 g/mol. The highest BCUT2D eigenvalue weighted by molar-refractivity contribution is 6.05. The third-order valence-corrected chi connectivity index (χ3v) is 11.5. The first kappa shape index (κ1) is 37.0. The summed E-state index contributed by atoms with van der Waals surface area (Å²) in [6.45, 7) is 7.08. The molecule has 4 aliphatic rings. The number of imide groups is 1. The molecule has 56 heavy (non-hydrogen) atoms. The van der Waals surface area contributed by atoms with Gasteiger partial charge < -0.3 is 24.6 Å². The Balaban J connectivity index is 0.747. The molecule has 6 heterocycles. The second kappa shape index (κ2) is 16.4. The van der Waals surface area contributed by atoms with Crippen molar-refractivity contribution in [1.29, 1.82) is 5.26 Å². The zero-order valence-electron chi connectivity index (χ0n) is 31.6. The molecule has 16 heteroatoms. The molecule has 3 saturated heterocycles. The minimum Gasteiger partial charge on any atom is -0.495 e. The smallest absolute Gasteiger partial charge is 0.329 e. The van der Waals surface area contributed by atoms with Gasteiger partial charge in [0.15, 0.2) is 11.5 Å². The number of nitrogens with one attached hydrogen (secondary N) is 2. The van der Waals surface area contributed by atoms with E-state index in [0.717, 1.165) is 101 Å². The fourth-order valence-electron chi connectivity index (χ4n) is 8.26. The number of piperidine rings is 1. The molecule has 0 bridgehead atoms. The average Bonchev–Trinajstić information content (AvgIpc) is 3.65. The summed E-state index contributed by atoms with van der Waals surface area (Å²) in [4.78, 5) is 50.3. The Kier molecular flexibility index (Phi) is 10.8. The molecule has 4 amide bonds. The maximum Gasteiger partial charge on any atom is 0.329 e. The molecule has 4 aromatic rings. The normalized spacial score (nSPS) is 21.1. The van der Waals surface area contributed by atoms with Gasteiger partial charge in [0, 0.05) is 88.8 Å².